The number of methoxy groups -OCH3 is 1. The highest BCUT2D eigenvalue weighted by atomic mass is 16.5. The van der Waals surface area contributed by atoms with Crippen molar-refractivity contribution in [2.45, 2.75) is 13.3 Å². The van der Waals surface area contributed by atoms with E-state index in [1.54, 1.807) is 7.11 Å². The summed E-state index contributed by atoms with van der Waals surface area (Å²) in [6.07, 6.45) is 0.509. The molecule has 3 nitrogen and oxygen atoms in total. The van der Waals surface area contributed by atoms with Gasteiger partial charge >= 0.3 is 0 Å². The quantitative estimate of drug-likeness (QED) is 0.840. The van der Waals surface area contributed by atoms with E-state index < -0.39 is 0 Å². The largest absolute Gasteiger partial charge is 0.497 e. The van der Waals surface area contributed by atoms with Crippen molar-refractivity contribution < 1.29 is 9.53 Å². The van der Waals surface area contributed by atoms with Crippen LogP contribution in [0.3, 0.4) is 0 Å². The summed E-state index contributed by atoms with van der Waals surface area (Å²) in [6, 6.07) is 7.74. The molecule has 0 amide bonds. The number of hydrogen-bond donors (Lipinski definition) is 1. The second kappa shape index (κ2) is 5.32. The van der Waals surface area contributed by atoms with Crippen LogP contribution in [0, 0.1) is 11.8 Å². The van der Waals surface area contributed by atoms with Crippen molar-refractivity contribution >= 4 is 5.78 Å². The molecular weight excluding hydrogens is 214 g/mol. The van der Waals surface area contributed by atoms with Crippen molar-refractivity contribution in [1.82, 2.24) is 5.32 Å². The van der Waals surface area contributed by atoms with E-state index in [1.807, 2.05) is 31.2 Å². The SMILES string of the molecule is COc1cccc(CC(=O)C(C)C2CNC2)c1. The zero-order valence-corrected chi connectivity index (χ0v) is 10.4. The van der Waals surface area contributed by atoms with Gasteiger partial charge in [-0.25, -0.2) is 0 Å². The number of carbonyl (C=O) groups excluding carboxylic acids is 1. The van der Waals surface area contributed by atoms with E-state index in [-0.39, 0.29) is 5.92 Å². The average Bonchev–Trinajstić information content (AvgIpc) is 2.27. The van der Waals surface area contributed by atoms with Gasteiger partial charge in [0, 0.05) is 12.3 Å². The number of ether oxygens (including phenoxy) is 1. The van der Waals surface area contributed by atoms with Crippen LogP contribution in [0.15, 0.2) is 24.3 Å². The molecule has 17 heavy (non-hydrogen) atoms. The van der Waals surface area contributed by atoms with Gasteiger partial charge in [-0.3, -0.25) is 4.79 Å². The topological polar surface area (TPSA) is 38.3 Å². The van der Waals surface area contributed by atoms with E-state index >= 15 is 0 Å². The molecule has 0 saturated carbocycles. The Morgan fingerprint density at radius 1 is 1.53 bits per heavy atom. The van der Waals surface area contributed by atoms with Crippen LogP contribution in [0.4, 0.5) is 0 Å². The highest BCUT2D eigenvalue weighted by Crippen LogP contribution is 2.20. The van der Waals surface area contributed by atoms with Gasteiger partial charge in [-0.1, -0.05) is 19.1 Å². The third-order valence-electron chi connectivity index (χ3n) is 3.54. The first-order valence-corrected chi connectivity index (χ1v) is 6.07. The minimum Gasteiger partial charge on any atom is -0.497 e. The first-order chi connectivity index (χ1) is 8.20. The number of benzene rings is 1. The summed E-state index contributed by atoms with van der Waals surface area (Å²) >= 11 is 0. The molecule has 1 fully saturated rings. The molecule has 1 aliphatic heterocycles. The van der Waals surface area contributed by atoms with Gasteiger partial charge in [0.1, 0.15) is 11.5 Å². The molecule has 0 radical (unpaired) electrons. The maximum atomic E-state index is 12.1. The lowest BCUT2D eigenvalue weighted by Gasteiger charge is -2.31. The molecule has 3 heteroatoms. The lowest BCUT2D eigenvalue weighted by Crippen LogP contribution is -2.47. The predicted molar refractivity (Wildman–Crippen MR) is 67.2 cm³/mol. The Kier molecular flexibility index (Phi) is 3.79. The van der Waals surface area contributed by atoms with E-state index in [4.69, 9.17) is 4.74 Å². The Bertz CT molecular complexity index is 399. The maximum Gasteiger partial charge on any atom is 0.140 e. The smallest absolute Gasteiger partial charge is 0.140 e. The molecule has 1 saturated heterocycles. The van der Waals surface area contributed by atoms with Crippen LogP contribution < -0.4 is 10.1 Å². The van der Waals surface area contributed by atoms with Crippen LogP contribution in [0.2, 0.25) is 0 Å². The van der Waals surface area contributed by atoms with E-state index in [9.17, 15) is 4.79 Å². The number of rotatable bonds is 5. The summed E-state index contributed by atoms with van der Waals surface area (Å²) in [5.41, 5.74) is 1.04. The van der Waals surface area contributed by atoms with E-state index in [0.29, 0.717) is 18.1 Å². The number of carbonyl (C=O) groups is 1. The van der Waals surface area contributed by atoms with Crippen molar-refractivity contribution in [3.63, 3.8) is 0 Å². The van der Waals surface area contributed by atoms with Gasteiger partial charge < -0.3 is 10.1 Å². The van der Waals surface area contributed by atoms with Crippen LogP contribution in [-0.4, -0.2) is 26.0 Å². The molecule has 1 aliphatic rings. The lowest BCUT2D eigenvalue weighted by molar-refractivity contribution is -0.123. The molecule has 0 bridgehead atoms. The lowest BCUT2D eigenvalue weighted by atomic mass is 9.84. The molecule has 1 atom stereocenters. The van der Waals surface area contributed by atoms with Crippen molar-refractivity contribution in [3.05, 3.63) is 29.8 Å². The van der Waals surface area contributed by atoms with Crippen LogP contribution in [0.1, 0.15) is 12.5 Å². The molecule has 2 rings (SSSR count). The monoisotopic (exact) mass is 233 g/mol. The summed E-state index contributed by atoms with van der Waals surface area (Å²) in [5, 5.41) is 3.21. The summed E-state index contributed by atoms with van der Waals surface area (Å²) in [5.74, 6) is 1.81. The zero-order valence-electron chi connectivity index (χ0n) is 10.4. The standard InChI is InChI=1S/C14H19NO2/c1-10(12-8-15-9-12)14(16)7-11-4-3-5-13(6-11)17-2/h3-6,10,12,15H,7-9H2,1-2H3. The fourth-order valence-electron chi connectivity index (χ4n) is 2.07. The van der Waals surface area contributed by atoms with Crippen LogP contribution in [-0.2, 0) is 11.2 Å². The average molecular weight is 233 g/mol. The molecule has 1 heterocycles. The highest BCUT2D eigenvalue weighted by molar-refractivity contribution is 5.83. The molecule has 0 aromatic heterocycles. The number of hydrogen-bond acceptors (Lipinski definition) is 3. The Morgan fingerprint density at radius 3 is 2.88 bits per heavy atom. The van der Waals surface area contributed by atoms with E-state index in [1.165, 1.54) is 0 Å². The van der Waals surface area contributed by atoms with E-state index in [0.717, 1.165) is 24.4 Å². The molecule has 1 unspecified atom stereocenters. The van der Waals surface area contributed by atoms with Crippen molar-refractivity contribution in [1.29, 1.82) is 0 Å². The Morgan fingerprint density at radius 2 is 2.29 bits per heavy atom. The Balaban J connectivity index is 1.96. The second-order valence-corrected chi connectivity index (χ2v) is 4.70. The molecular formula is C14H19NO2. The Labute approximate surface area is 102 Å². The van der Waals surface area contributed by atoms with Gasteiger partial charge in [0.05, 0.1) is 7.11 Å². The zero-order chi connectivity index (χ0) is 12.3. The third-order valence-corrected chi connectivity index (χ3v) is 3.54. The van der Waals surface area contributed by atoms with Crippen molar-refractivity contribution in [2.75, 3.05) is 20.2 Å². The fourth-order valence-corrected chi connectivity index (χ4v) is 2.07. The third kappa shape index (κ3) is 2.86. The van der Waals surface area contributed by atoms with Crippen molar-refractivity contribution in [2.24, 2.45) is 11.8 Å². The summed E-state index contributed by atoms with van der Waals surface area (Å²) in [4.78, 5) is 12.1. The first kappa shape index (κ1) is 12.1. The molecule has 0 aliphatic carbocycles. The van der Waals surface area contributed by atoms with E-state index in [2.05, 4.69) is 5.32 Å². The first-order valence-electron chi connectivity index (χ1n) is 6.07. The van der Waals surface area contributed by atoms with Gasteiger partial charge in [-0.15, -0.1) is 0 Å². The summed E-state index contributed by atoms with van der Waals surface area (Å²) in [6.45, 7) is 3.99. The minimum atomic E-state index is 0.155. The van der Waals surface area contributed by atoms with Gasteiger partial charge in [0.25, 0.3) is 0 Å². The van der Waals surface area contributed by atoms with Crippen LogP contribution >= 0.6 is 0 Å². The van der Waals surface area contributed by atoms with Gasteiger partial charge in [0.2, 0.25) is 0 Å². The maximum absolute atomic E-state index is 12.1. The van der Waals surface area contributed by atoms with Gasteiger partial charge in [0.15, 0.2) is 0 Å². The highest BCUT2D eigenvalue weighted by Gasteiger charge is 2.28. The molecule has 0 spiro atoms. The molecule has 1 aromatic carbocycles. The number of ketones is 1. The summed E-state index contributed by atoms with van der Waals surface area (Å²) < 4.78 is 5.16. The molecule has 1 aromatic rings. The van der Waals surface area contributed by atoms with Crippen LogP contribution in [0.5, 0.6) is 5.75 Å². The number of nitrogens with one attached hydrogen (secondary N) is 1. The second-order valence-electron chi connectivity index (χ2n) is 4.70. The number of Topliss-reactive ketones (excluding diaryl/α,β-unsaturated/α-hetero) is 1. The summed E-state index contributed by atoms with van der Waals surface area (Å²) in [7, 11) is 1.64. The van der Waals surface area contributed by atoms with Gasteiger partial charge in [-0.2, -0.15) is 0 Å². The molecule has 1 N–H and O–H groups in total. The normalized spacial score (nSPS) is 17.3. The van der Waals surface area contributed by atoms with Crippen molar-refractivity contribution in [3.8, 4) is 5.75 Å². The van der Waals surface area contributed by atoms with Crippen LogP contribution in [0.25, 0.3) is 0 Å². The fraction of sp³-hybridized carbons (Fsp3) is 0.500. The molecule has 92 valence electrons. The van der Waals surface area contributed by atoms with Gasteiger partial charge in [-0.05, 0) is 36.7 Å². The Hall–Kier alpha value is -1.35. The minimum absolute atomic E-state index is 0.155. The predicted octanol–water partition coefficient (Wildman–Crippen LogP) is 1.66.